The van der Waals surface area contributed by atoms with Gasteiger partial charge in [0.25, 0.3) is 12.9 Å². The summed E-state index contributed by atoms with van der Waals surface area (Å²) in [6.45, 7) is -0.0731. The van der Waals surface area contributed by atoms with Crippen LogP contribution < -0.4 is 4.74 Å². The van der Waals surface area contributed by atoms with E-state index in [1.807, 2.05) is 36.4 Å². The van der Waals surface area contributed by atoms with E-state index in [1.54, 1.807) is 6.07 Å². The van der Waals surface area contributed by atoms with E-state index in [4.69, 9.17) is 9.15 Å². The van der Waals surface area contributed by atoms with Gasteiger partial charge < -0.3 is 14.3 Å². The number of hydrogen-bond acceptors (Lipinski definition) is 5. The second-order valence-electron chi connectivity index (χ2n) is 6.93. The van der Waals surface area contributed by atoms with Gasteiger partial charge in [0, 0.05) is 6.42 Å². The van der Waals surface area contributed by atoms with Crippen molar-refractivity contribution in [1.82, 2.24) is 5.01 Å². The van der Waals surface area contributed by atoms with Crippen molar-refractivity contribution in [2.75, 3.05) is 0 Å². The third-order valence-electron chi connectivity index (χ3n) is 4.80. The number of alkyl halides is 4. The van der Waals surface area contributed by atoms with Crippen molar-refractivity contribution in [1.29, 1.82) is 0 Å². The number of ether oxygens (including phenoxy) is 1. The van der Waals surface area contributed by atoms with Crippen LogP contribution in [0.4, 0.5) is 17.6 Å². The highest BCUT2D eigenvalue weighted by Gasteiger charge is 2.54. The number of carbonyl (C=O) groups excluding carboxylic acids is 1. The summed E-state index contributed by atoms with van der Waals surface area (Å²) in [6, 6.07) is 15.7. The first-order valence-electron chi connectivity index (χ1n) is 9.19. The number of carbonyl (C=O) groups is 1. The Hall–Kier alpha value is -3.40. The number of aliphatic hydroxyl groups is 1. The fourth-order valence-corrected chi connectivity index (χ4v) is 3.19. The second-order valence-corrected chi connectivity index (χ2v) is 6.93. The number of halogens is 4. The SMILES string of the molecule is O=C(c1ccc(COc2ccc3ccccc3c2)o1)N1N=C(C(F)F)C[C@]1(O)C(F)F. The van der Waals surface area contributed by atoms with Gasteiger partial charge in [-0.25, -0.2) is 17.6 Å². The minimum atomic E-state index is -3.51. The summed E-state index contributed by atoms with van der Waals surface area (Å²) in [4.78, 5) is 12.5. The average Bonchev–Trinajstić information content (AvgIpc) is 3.37. The first-order chi connectivity index (χ1) is 14.8. The zero-order chi connectivity index (χ0) is 22.2. The number of fused-ring (bicyclic) bond motifs is 1. The van der Waals surface area contributed by atoms with E-state index in [-0.39, 0.29) is 17.4 Å². The summed E-state index contributed by atoms with van der Waals surface area (Å²) in [5, 5.41) is 15.2. The molecular weight excluding hydrogens is 420 g/mol. The maximum absolute atomic E-state index is 13.3. The third-order valence-corrected chi connectivity index (χ3v) is 4.80. The molecule has 162 valence electrons. The highest BCUT2D eigenvalue weighted by Crippen LogP contribution is 2.34. The minimum absolute atomic E-state index is 0.0496. The quantitative estimate of drug-likeness (QED) is 0.580. The standard InChI is InChI=1S/C21H16F4N2O4/c22-18(23)16-10-21(29,20(24)25)27(26-16)19(28)17-8-7-15(31-17)11-30-14-6-5-12-3-1-2-4-13(12)9-14/h1-9,18,20,29H,10-11H2/t21-/m0/s1. The van der Waals surface area contributed by atoms with E-state index in [0.29, 0.717) is 5.75 Å². The van der Waals surface area contributed by atoms with Gasteiger partial charge in [0.1, 0.15) is 23.8 Å². The first-order valence-corrected chi connectivity index (χ1v) is 9.19. The molecule has 0 aliphatic carbocycles. The minimum Gasteiger partial charge on any atom is -0.486 e. The largest absolute Gasteiger partial charge is 0.486 e. The van der Waals surface area contributed by atoms with Gasteiger partial charge >= 0.3 is 5.91 Å². The van der Waals surface area contributed by atoms with Crippen LogP contribution >= 0.6 is 0 Å². The van der Waals surface area contributed by atoms with Crippen LogP contribution in [0.5, 0.6) is 5.75 Å². The van der Waals surface area contributed by atoms with Gasteiger partial charge in [-0.2, -0.15) is 10.1 Å². The smallest absolute Gasteiger partial charge is 0.312 e. The Morgan fingerprint density at radius 3 is 2.58 bits per heavy atom. The fourth-order valence-electron chi connectivity index (χ4n) is 3.19. The van der Waals surface area contributed by atoms with Gasteiger partial charge in [-0.1, -0.05) is 30.3 Å². The molecular formula is C21H16F4N2O4. The first kappa shape index (κ1) is 20.9. The lowest BCUT2D eigenvalue weighted by molar-refractivity contribution is -0.164. The molecule has 1 N–H and O–H groups in total. The second kappa shape index (κ2) is 8.03. The molecule has 4 rings (SSSR count). The van der Waals surface area contributed by atoms with Crippen molar-refractivity contribution >= 4 is 22.4 Å². The van der Waals surface area contributed by atoms with Gasteiger partial charge in [0.05, 0.1) is 0 Å². The summed E-state index contributed by atoms with van der Waals surface area (Å²) in [5.74, 6) is -0.985. The molecule has 2 heterocycles. The van der Waals surface area contributed by atoms with Gasteiger partial charge in [-0.15, -0.1) is 0 Å². The molecule has 31 heavy (non-hydrogen) atoms. The zero-order valence-corrected chi connectivity index (χ0v) is 15.8. The lowest BCUT2D eigenvalue weighted by Crippen LogP contribution is -2.51. The molecule has 0 spiro atoms. The maximum atomic E-state index is 13.3. The molecule has 10 heteroatoms. The van der Waals surface area contributed by atoms with E-state index in [9.17, 15) is 27.5 Å². The molecule has 1 aliphatic rings. The monoisotopic (exact) mass is 436 g/mol. The molecule has 1 aliphatic heterocycles. The van der Waals surface area contributed by atoms with Gasteiger partial charge in [-0.05, 0) is 35.0 Å². The van der Waals surface area contributed by atoms with Crippen LogP contribution in [0.3, 0.4) is 0 Å². The molecule has 0 unspecified atom stereocenters. The number of benzene rings is 2. The highest BCUT2D eigenvalue weighted by atomic mass is 19.3. The molecule has 0 saturated heterocycles. The van der Waals surface area contributed by atoms with E-state index < -0.39 is 42.4 Å². The van der Waals surface area contributed by atoms with Crippen molar-refractivity contribution in [2.24, 2.45) is 5.10 Å². The van der Waals surface area contributed by atoms with Crippen LogP contribution in [0.15, 0.2) is 64.1 Å². The topological polar surface area (TPSA) is 75.3 Å². The average molecular weight is 436 g/mol. The van der Waals surface area contributed by atoms with Crippen molar-refractivity contribution < 1.29 is 36.6 Å². The molecule has 1 amide bonds. The summed E-state index contributed by atoms with van der Waals surface area (Å²) < 4.78 is 63.3. The number of amides is 1. The van der Waals surface area contributed by atoms with Gasteiger partial charge in [-0.3, -0.25) is 4.79 Å². The fraction of sp³-hybridized carbons (Fsp3) is 0.238. The Balaban J connectivity index is 1.49. The van der Waals surface area contributed by atoms with Crippen molar-refractivity contribution in [3.8, 4) is 5.75 Å². The van der Waals surface area contributed by atoms with Crippen LogP contribution in [0, 0.1) is 0 Å². The molecule has 6 nitrogen and oxygen atoms in total. The van der Waals surface area contributed by atoms with Gasteiger partial charge in [0.2, 0.25) is 5.72 Å². The Bertz CT molecular complexity index is 1150. The van der Waals surface area contributed by atoms with Crippen LogP contribution in [0.25, 0.3) is 10.8 Å². The molecule has 3 aromatic rings. The van der Waals surface area contributed by atoms with Crippen LogP contribution in [0.2, 0.25) is 0 Å². The van der Waals surface area contributed by atoms with Crippen LogP contribution in [0.1, 0.15) is 22.7 Å². The number of hydrazone groups is 1. The third kappa shape index (κ3) is 3.98. The number of rotatable bonds is 6. The zero-order valence-electron chi connectivity index (χ0n) is 15.8. The molecule has 0 fully saturated rings. The Morgan fingerprint density at radius 2 is 1.87 bits per heavy atom. The summed E-state index contributed by atoms with van der Waals surface area (Å²) >= 11 is 0. The molecule has 1 atom stereocenters. The predicted molar refractivity (Wildman–Crippen MR) is 102 cm³/mol. The van der Waals surface area contributed by atoms with E-state index >= 15 is 0 Å². The maximum Gasteiger partial charge on any atom is 0.312 e. The van der Waals surface area contributed by atoms with Crippen molar-refractivity contribution in [2.45, 2.75) is 31.6 Å². The molecule has 0 saturated carbocycles. The molecule has 0 bridgehead atoms. The van der Waals surface area contributed by atoms with E-state index in [0.717, 1.165) is 10.8 Å². The van der Waals surface area contributed by atoms with Crippen LogP contribution in [-0.4, -0.2) is 40.3 Å². The molecule has 1 aromatic heterocycles. The van der Waals surface area contributed by atoms with E-state index in [2.05, 4.69) is 5.10 Å². The number of nitrogens with zero attached hydrogens (tertiary/aromatic N) is 2. The Kier molecular flexibility index (Phi) is 5.40. The van der Waals surface area contributed by atoms with Crippen LogP contribution in [-0.2, 0) is 6.61 Å². The Labute approximate surface area is 173 Å². The molecule has 0 radical (unpaired) electrons. The summed E-state index contributed by atoms with van der Waals surface area (Å²) in [7, 11) is 0. The predicted octanol–water partition coefficient (Wildman–Crippen LogP) is 4.43. The molecule has 2 aromatic carbocycles. The van der Waals surface area contributed by atoms with E-state index in [1.165, 1.54) is 12.1 Å². The number of furan rings is 1. The van der Waals surface area contributed by atoms with Crippen molar-refractivity contribution in [3.63, 3.8) is 0 Å². The normalized spacial score (nSPS) is 18.8. The summed E-state index contributed by atoms with van der Waals surface area (Å²) in [5.41, 5.74) is -4.18. The van der Waals surface area contributed by atoms with Gasteiger partial charge in [0.15, 0.2) is 5.76 Å². The lowest BCUT2D eigenvalue weighted by Gasteiger charge is -2.29. The number of hydrogen-bond donors (Lipinski definition) is 1. The van der Waals surface area contributed by atoms with Crippen molar-refractivity contribution in [3.05, 3.63) is 66.1 Å². The Morgan fingerprint density at radius 1 is 1.13 bits per heavy atom. The highest BCUT2D eigenvalue weighted by molar-refractivity contribution is 5.97. The summed E-state index contributed by atoms with van der Waals surface area (Å²) in [6.07, 6.45) is -7.86. The lowest BCUT2D eigenvalue weighted by atomic mass is 10.1.